The highest BCUT2D eigenvalue weighted by Crippen LogP contribution is 2.25. The molecule has 0 spiro atoms. The zero-order chi connectivity index (χ0) is 12.5. The molecular weight excluding hydrogens is 244 g/mol. The lowest BCUT2D eigenvalue weighted by atomic mass is 10.1. The lowest BCUT2D eigenvalue weighted by molar-refractivity contribution is 0.299. The van der Waals surface area contributed by atoms with Gasteiger partial charge in [0, 0.05) is 26.8 Å². The van der Waals surface area contributed by atoms with Gasteiger partial charge < -0.3 is 5.11 Å². The molecule has 0 unspecified atom stereocenters. The summed E-state index contributed by atoms with van der Waals surface area (Å²) in [5.41, 5.74) is 1.09. The largest absolute Gasteiger partial charge is 0.396 e. The van der Waals surface area contributed by atoms with Crippen molar-refractivity contribution in [3.63, 3.8) is 0 Å². The van der Waals surface area contributed by atoms with Crippen molar-refractivity contribution < 1.29 is 5.11 Å². The average molecular weight is 256 g/mol. The molecule has 90 valence electrons. The van der Waals surface area contributed by atoms with E-state index < -0.39 is 0 Å². The maximum atomic E-state index is 12.4. The van der Waals surface area contributed by atoms with Gasteiger partial charge in [-0.25, -0.2) is 0 Å². The summed E-state index contributed by atoms with van der Waals surface area (Å²) >= 11 is 1.63. The predicted octanol–water partition coefficient (Wildman–Crippen LogP) is 2.95. The molecule has 0 amide bonds. The van der Waals surface area contributed by atoms with Crippen LogP contribution in [-0.2, 0) is 6.42 Å². The number of aliphatic hydroxyl groups excluding tert-OH is 1. The molecule has 2 nitrogen and oxygen atoms in total. The molecule has 3 aromatic rings. The second kappa shape index (κ2) is 4.52. The quantitative estimate of drug-likeness (QED) is 0.716. The normalized spacial score (nSPS) is 11.2. The zero-order valence-corrected chi connectivity index (χ0v) is 10.5. The molecule has 0 aliphatic heterocycles. The van der Waals surface area contributed by atoms with Crippen molar-refractivity contribution >= 4 is 31.5 Å². The van der Waals surface area contributed by atoms with Crippen molar-refractivity contribution in [1.29, 1.82) is 0 Å². The Kier molecular flexibility index (Phi) is 2.86. The van der Waals surface area contributed by atoms with Gasteiger partial charge in [0.2, 0.25) is 0 Å². The predicted molar refractivity (Wildman–Crippen MR) is 76.4 cm³/mol. The Bertz CT molecular complexity index is 774. The van der Waals surface area contributed by atoms with E-state index in [1.165, 1.54) is 0 Å². The second-order valence-corrected chi connectivity index (χ2v) is 5.32. The second-order valence-electron chi connectivity index (χ2n) is 4.23. The fraction of sp³-hybridized carbons (Fsp3) is 0.133. The van der Waals surface area contributed by atoms with Gasteiger partial charge in [0.1, 0.15) is 0 Å². The smallest absolute Gasteiger partial charge is 0.195 e. The first-order valence-electron chi connectivity index (χ1n) is 5.85. The monoisotopic (exact) mass is 256 g/mol. The average Bonchev–Trinajstić information content (AvgIpc) is 2.40. The van der Waals surface area contributed by atoms with Gasteiger partial charge in [0.25, 0.3) is 0 Å². The van der Waals surface area contributed by atoms with Crippen molar-refractivity contribution in [2.24, 2.45) is 0 Å². The summed E-state index contributed by atoms with van der Waals surface area (Å²) in [6.45, 7) is 0.108. The molecule has 3 heteroatoms. The van der Waals surface area contributed by atoms with E-state index >= 15 is 0 Å². The Balaban J connectivity index is 2.38. The number of hydrogen-bond donors (Lipinski definition) is 1. The fourth-order valence-corrected chi connectivity index (χ4v) is 3.19. The third-order valence-corrected chi connectivity index (χ3v) is 4.19. The van der Waals surface area contributed by atoms with Crippen LogP contribution in [0.25, 0.3) is 20.2 Å². The zero-order valence-electron chi connectivity index (χ0n) is 9.72. The number of hydrogen-bond acceptors (Lipinski definition) is 3. The summed E-state index contributed by atoms with van der Waals surface area (Å²) in [6, 6.07) is 13.5. The molecule has 0 atom stereocenters. The Morgan fingerprint density at radius 2 is 1.78 bits per heavy atom. The van der Waals surface area contributed by atoms with Gasteiger partial charge in [0.15, 0.2) is 5.43 Å². The van der Waals surface area contributed by atoms with Gasteiger partial charge >= 0.3 is 0 Å². The Morgan fingerprint density at radius 1 is 1.00 bits per heavy atom. The molecule has 0 aliphatic rings. The summed E-state index contributed by atoms with van der Waals surface area (Å²) in [4.78, 5) is 12.4. The minimum Gasteiger partial charge on any atom is -0.396 e. The SMILES string of the molecule is O=c1c2ccccc2sc2ccc(CCO)cc12. The van der Waals surface area contributed by atoms with Crippen molar-refractivity contribution in [3.8, 4) is 0 Å². The van der Waals surface area contributed by atoms with Gasteiger partial charge in [-0.1, -0.05) is 18.2 Å². The molecule has 1 aromatic heterocycles. The van der Waals surface area contributed by atoms with E-state index in [-0.39, 0.29) is 12.0 Å². The molecule has 2 aromatic carbocycles. The van der Waals surface area contributed by atoms with Gasteiger partial charge in [-0.15, -0.1) is 11.3 Å². The first-order valence-corrected chi connectivity index (χ1v) is 6.66. The molecule has 3 rings (SSSR count). The first kappa shape index (κ1) is 11.4. The lowest BCUT2D eigenvalue weighted by Gasteiger charge is -2.03. The molecular formula is C15H12O2S. The Labute approximate surface area is 108 Å². The third kappa shape index (κ3) is 1.82. The third-order valence-electron chi connectivity index (χ3n) is 3.04. The molecule has 0 saturated carbocycles. The Hall–Kier alpha value is -1.71. The van der Waals surface area contributed by atoms with Crippen LogP contribution >= 0.6 is 11.3 Å². The van der Waals surface area contributed by atoms with Gasteiger partial charge in [-0.2, -0.15) is 0 Å². The van der Waals surface area contributed by atoms with Gasteiger partial charge in [-0.3, -0.25) is 4.79 Å². The fourth-order valence-electron chi connectivity index (χ4n) is 2.13. The molecule has 0 bridgehead atoms. The van der Waals surface area contributed by atoms with Crippen molar-refractivity contribution in [2.45, 2.75) is 6.42 Å². The van der Waals surface area contributed by atoms with E-state index in [1.54, 1.807) is 11.3 Å². The van der Waals surface area contributed by atoms with Gasteiger partial charge in [0.05, 0.1) is 0 Å². The van der Waals surface area contributed by atoms with Crippen LogP contribution in [0.3, 0.4) is 0 Å². The van der Waals surface area contributed by atoms with Crippen LogP contribution in [0.15, 0.2) is 47.3 Å². The summed E-state index contributed by atoms with van der Waals surface area (Å²) in [5.74, 6) is 0. The van der Waals surface area contributed by atoms with Crippen LogP contribution in [0.1, 0.15) is 5.56 Å². The van der Waals surface area contributed by atoms with Crippen LogP contribution < -0.4 is 5.43 Å². The van der Waals surface area contributed by atoms with E-state index in [4.69, 9.17) is 5.11 Å². The van der Waals surface area contributed by atoms with Crippen molar-refractivity contribution in [1.82, 2.24) is 0 Å². The van der Waals surface area contributed by atoms with Crippen LogP contribution in [-0.4, -0.2) is 11.7 Å². The standard InChI is InChI=1S/C15H12O2S/c16-8-7-10-5-6-14-12(9-10)15(17)11-3-1-2-4-13(11)18-14/h1-6,9,16H,7-8H2. The van der Waals surface area contributed by atoms with Crippen LogP contribution in [0, 0.1) is 0 Å². The van der Waals surface area contributed by atoms with Crippen LogP contribution in [0.2, 0.25) is 0 Å². The minimum absolute atomic E-state index is 0.0825. The highest BCUT2D eigenvalue weighted by Gasteiger charge is 2.06. The number of aliphatic hydroxyl groups is 1. The topological polar surface area (TPSA) is 37.3 Å². The molecule has 18 heavy (non-hydrogen) atoms. The van der Waals surface area contributed by atoms with E-state index in [1.807, 2.05) is 42.5 Å². The van der Waals surface area contributed by atoms with Crippen molar-refractivity contribution in [3.05, 3.63) is 58.3 Å². The summed E-state index contributed by atoms with van der Waals surface area (Å²) in [5, 5.41) is 10.5. The minimum atomic E-state index is 0.0825. The summed E-state index contributed by atoms with van der Waals surface area (Å²) in [6.07, 6.45) is 0.590. The number of rotatable bonds is 2. The highest BCUT2D eigenvalue weighted by atomic mass is 32.1. The summed E-state index contributed by atoms with van der Waals surface area (Å²) < 4.78 is 2.02. The highest BCUT2D eigenvalue weighted by molar-refractivity contribution is 7.24. The van der Waals surface area contributed by atoms with Gasteiger partial charge in [-0.05, 0) is 36.2 Å². The lowest BCUT2D eigenvalue weighted by Crippen LogP contribution is -2.02. The molecule has 0 aliphatic carbocycles. The molecule has 1 heterocycles. The molecule has 0 radical (unpaired) electrons. The molecule has 1 N–H and O–H groups in total. The molecule has 0 saturated heterocycles. The van der Waals surface area contributed by atoms with Crippen molar-refractivity contribution in [2.75, 3.05) is 6.61 Å². The van der Waals surface area contributed by atoms with E-state index in [0.717, 1.165) is 25.7 Å². The van der Waals surface area contributed by atoms with E-state index in [0.29, 0.717) is 6.42 Å². The van der Waals surface area contributed by atoms with E-state index in [9.17, 15) is 4.79 Å². The first-order chi connectivity index (χ1) is 8.79. The maximum Gasteiger partial charge on any atom is 0.195 e. The Morgan fingerprint density at radius 3 is 2.61 bits per heavy atom. The molecule has 0 fully saturated rings. The number of benzene rings is 2. The van der Waals surface area contributed by atoms with E-state index in [2.05, 4.69) is 0 Å². The maximum absolute atomic E-state index is 12.4. The van der Waals surface area contributed by atoms with Crippen LogP contribution in [0.4, 0.5) is 0 Å². The number of fused-ring (bicyclic) bond motifs is 2. The summed E-state index contributed by atoms with van der Waals surface area (Å²) in [7, 11) is 0. The van der Waals surface area contributed by atoms with Crippen LogP contribution in [0.5, 0.6) is 0 Å².